The second kappa shape index (κ2) is 2.82. The minimum atomic E-state index is -0.1000. The Hall–Kier alpha value is -0.570. The molecule has 1 atom stereocenters. The van der Waals surface area contributed by atoms with Gasteiger partial charge in [0.05, 0.1) is 6.61 Å². The minimum absolute atomic E-state index is 0.0162. The van der Waals surface area contributed by atoms with Gasteiger partial charge in [-0.25, -0.2) is 0 Å². The normalized spacial score (nSPS) is 26.3. The zero-order chi connectivity index (χ0) is 6.69. The van der Waals surface area contributed by atoms with Crippen LogP contribution in [0.15, 0.2) is 0 Å². The zero-order valence-electron chi connectivity index (χ0n) is 5.42. The van der Waals surface area contributed by atoms with Crippen LogP contribution in [0.4, 0.5) is 0 Å². The third-order valence-electron chi connectivity index (χ3n) is 1.32. The first-order chi connectivity index (χ1) is 4.33. The van der Waals surface area contributed by atoms with E-state index in [1.54, 1.807) is 7.11 Å². The first-order valence-corrected chi connectivity index (χ1v) is 3.01. The van der Waals surface area contributed by atoms with Gasteiger partial charge in [-0.15, -0.1) is 0 Å². The lowest BCUT2D eigenvalue weighted by atomic mass is 10.2. The van der Waals surface area contributed by atoms with Gasteiger partial charge < -0.3 is 9.47 Å². The molecule has 0 amide bonds. The van der Waals surface area contributed by atoms with E-state index in [1.165, 1.54) is 0 Å². The third kappa shape index (κ3) is 1.68. The van der Waals surface area contributed by atoms with Crippen molar-refractivity contribution in [2.45, 2.75) is 18.9 Å². The van der Waals surface area contributed by atoms with Gasteiger partial charge in [0.1, 0.15) is 6.10 Å². The van der Waals surface area contributed by atoms with Crippen molar-refractivity contribution in [2.24, 2.45) is 0 Å². The van der Waals surface area contributed by atoms with Crippen molar-refractivity contribution in [3.05, 3.63) is 0 Å². The molecule has 0 radical (unpaired) electrons. The molecule has 0 aromatic carbocycles. The lowest BCUT2D eigenvalue weighted by molar-refractivity contribution is -0.143. The summed E-state index contributed by atoms with van der Waals surface area (Å²) in [6.07, 6.45) is 1.38. The molecule has 1 aliphatic heterocycles. The lowest BCUT2D eigenvalue weighted by Gasteiger charge is -2.05. The van der Waals surface area contributed by atoms with Crippen LogP contribution in [-0.4, -0.2) is 25.8 Å². The fourth-order valence-corrected chi connectivity index (χ4v) is 0.886. The summed E-state index contributed by atoms with van der Waals surface area (Å²) in [7, 11) is 1.60. The van der Waals surface area contributed by atoms with Crippen LogP contribution in [0.25, 0.3) is 0 Å². The number of rotatable bonds is 2. The average Bonchev–Trinajstić information content (AvgIpc) is 2.17. The summed E-state index contributed by atoms with van der Waals surface area (Å²) in [6, 6.07) is 0. The Morgan fingerprint density at radius 1 is 1.89 bits per heavy atom. The lowest BCUT2D eigenvalue weighted by Crippen LogP contribution is -2.13. The summed E-state index contributed by atoms with van der Waals surface area (Å²) in [4.78, 5) is 10.5. The first kappa shape index (κ1) is 6.55. The van der Waals surface area contributed by atoms with Crippen LogP contribution in [-0.2, 0) is 14.3 Å². The maximum absolute atomic E-state index is 10.5. The summed E-state index contributed by atoms with van der Waals surface area (Å²) in [5, 5.41) is 0. The molecule has 0 spiro atoms. The molecular formula is C6H10O3. The monoisotopic (exact) mass is 130 g/mol. The molecule has 0 aromatic rings. The highest BCUT2D eigenvalue weighted by atomic mass is 16.6. The fraction of sp³-hybridized carbons (Fsp3) is 0.833. The predicted molar refractivity (Wildman–Crippen MR) is 31.0 cm³/mol. The Morgan fingerprint density at radius 2 is 2.67 bits per heavy atom. The first-order valence-electron chi connectivity index (χ1n) is 3.01. The smallest absolute Gasteiger partial charge is 0.306 e. The van der Waals surface area contributed by atoms with E-state index in [2.05, 4.69) is 0 Å². The summed E-state index contributed by atoms with van der Waals surface area (Å²) >= 11 is 0. The van der Waals surface area contributed by atoms with Crippen LogP contribution in [0.2, 0.25) is 0 Å². The molecule has 1 unspecified atom stereocenters. The number of hydrogen-bond donors (Lipinski definition) is 0. The van der Waals surface area contributed by atoms with Crippen molar-refractivity contribution >= 4 is 5.97 Å². The van der Waals surface area contributed by atoms with Crippen molar-refractivity contribution in [1.82, 2.24) is 0 Å². The molecule has 1 aliphatic rings. The number of hydrogen-bond acceptors (Lipinski definition) is 3. The summed E-state index contributed by atoms with van der Waals surface area (Å²) in [5.41, 5.74) is 0. The zero-order valence-corrected chi connectivity index (χ0v) is 5.42. The highest BCUT2D eigenvalue weighted by Gasteiger charge is 2.22. The highest BCUT2D eigenvalue weighted by molar-refractivity contribution is 5.71. The number of carbonyl (C=O) groups is 1. The number of methoxy groups -OCH3 is 1. The summed E-state index contributed by atoms with van der Waals surface area (Å²) in [6.45, 7) is 0.533. The van der Waals surface area contributed by atoms with Crippen LogP contribution in [0.3, 0.4) is 0 Å². The molecular weight excluding hydrogens is 120 g/mol. The van der Waals surface area contributed by atoms with Crippen molar-refractivity contribution in [2.75, 3.05) is 13.7 Å². The Kier molecular flexibility index (Phi) is 2.05. The van der Waals surface area contributed by atoms with Gasteiger partial charge in [0, 0.05) is 13.5 Å². The quantitative estimate of drug-likeness (QED) is 0.505. The topological polar surface area (TPSA) is 35.5 Å². The third-order valence-corrected chi connectivity index (χ3v) is 1.32. The Morgan fingerprint density at radius 3 is 3.11 bits per heavy atom. The van der Waals surface area contributed by atoms with E-state index in [9.17, 15) is 4.79 Å². The molecule has 0 bridgehead atoms. The Bertz CT molecular complexity index is 111. The van der Waals surface area contributed by atoms with E-state index < -0.39 is 0 Å². The SMILES string of the molecule is COCC1CCC(=O)O1. The number of ether oxygens (including phenoxy) is 2. The van der Waals surface area contributed by atoms with Crippen LogP contribution < -0.4 is 0 Å². The molecule has 52 valence electrons. The van der Waals surface area contributed by atoms with Crippen LogP contribution in [0, 0.1) is 0 Å². The average molecular weight is 130 g/mol. The Labute approximate surface area is 53.9 Å². The standard InChI is InChI=1S/C6H10O3/c1-8-4-5-2-3-6(7)9-5/h5H,2-4H2,1H3. The maximum atomic E-state index is 10.5. The molecule has 1 fully saturated rings. The van der Waals surface area contributed by atoms with Gasteiger partial charge in [0.2, 0.25) is 0 Å². The van der Waals surface area contributed by atoms with Crippen molar-refractivity contribution < 1.29 is 14.3 Å². The van der Waals surface area contributed by atoms with E-state index >= 15 is 0 Å². The van der Waals surface area contributed by atoms with Gasteiger partial charge in [-0.3, -0.25) is 4.79 Å². The molecule has 0 aliphatic carbocycles. The van der Waals surface area contributed by atoms with Gasteiger partial charge in [0.15, 0.2) is 0 Å². The highest BCUT2D eigenvalue weighted by Crippen LogP contribution is 2.12. The molecule has 1 heterocycles. The van der Waals surface area contributed by atoms with E-state index in [0.29, 0.717) is 13.0 Å². The van der Waals surface area contributed by atoms with Gasteiger partial charge in [0.25, 0.3) is 0 Å². The van der Waals surface area contributed by atoms with Gasteiger partial charge in [-0.05, 0) is 6.42 Å². The molecule has 3 nitrogen and oxygen atoms in total. The summed E-state index contributed by atoms with van der Waals surface area (Å²) < 4.78 is 9.63. The second-order valence-electron chi connectivity index (χ2n) is 2.11. The van der Waals surface area contributed by atoms with E-state index in [-0.39, 0.29) is 12.1 Å². The van der Waals surface area contributed by atoms with Crippen molar-refractivity contribution in [1.29, 1.82) is 0 Å². The molecule has 1 rings (SSSR count). The minimum Gasteiger partial charge on any atom is -0.460 e. The molecule has 0 saturated carbocycles. The molecule has 9 heavy (non-hydrogen) atoms. The molecule has 1 saturated heterocycles. The predicted octanol–water partition coefficient (Wildman–Crippen LogP) is 0.338. The number of cyclic esters (lactones) is 1. The number of carbonyl (C=O) groups excluding carboxylic acids is 1. The van der Waals surface area contributed by atoms with Crippen molar-refractivity contribution in [3.8, 4) is 0 Å². The second-order valence-corrected chi connectivity index (χ2v) is 2.11. The molecule has 0 N–H and O–H groups in total. The van der Waals surface area contributed by atoms with E-state index in [4.69, 9.17) is 9.47 Å². The van der Waals surface area contributed by atoms with Crippen molar-refractivity contribution in [3.63, 3.8) is 0 Å². The van der Waals surface area contributed by atoms with Gasteiger partial charge in [-0.1, -0.05) is 0 Å². The van der Waals surface area contributed by atoms with E-state index in [0.717, 1.165) is 6.42 Å². The largest absolute Gasteiger partial charge is 0.460 e. The van der Waals surface area contributed by atoms with E-state index in [1.807, 2.05) is 0 Å². The van der Waals surface area contributed by atoms with Gasteiger partial charge >= 0.3 is 5.97 Å². The van der Waals surface area contributed by atoms with Crippen LogP contribution in [0.5, 0.6) is 0 Å². The van der Waals surface area contributed by atoms with Crippen LogP contribution >= 0.6 is 0 Å². The van der Waals surface area contributed by atoms with Crippen LogP contribution in [0.1, 0.15) is 12.8 Å². The molecule has 3 heteroatoms. The van der Waals surface area contributed by atoms with Gasteiger partial charge in [-0.2, -0.15) is 0 Å². The Balaban J connectivity index is 2.22. The molecule has 0 aromatic heterocycles. The maximum Gasteiger partial charge on any atom is 0.306 e. The summed E-state index contributed by atoms with van der Waals surface area (Å²) in [5.74, 6) is -0.1000. The number of esters is 1. The fourth-order valence-electron chi connectivity index (χ4n) is 0.886.